The molecule has 0 bridgehead atoms. The Morgan fingerprint density at radius 3 is 2.30 bits per heavy atom. The SMILES string of the molecule is [CH2]CCCc1c(-c2ccccc2)ccc2ccccc12. The van der Waals surface area contributed by atoms with Crippen molar-refractivity contribution in [3.05, 3.63) is 79.2 Å². The molecule has 20 heavy (non-hydrogen) atoms. The fraction of sp³-hybridized carbons (Fsp3) is 0.150. The highest BCUT2D eigenvalue weighted by atomic mass is 14.1. The second-order valence-electron chi connectivity index (χ2n) is 5.14. The maximum Gasteiger partial charge on any atom is -0.0146 e. The molecule has 0 saturated carbocycles. The molecule has 0 aromatic heterocycles. The molecular weight excluding hydrogens is 240 g/mol. The average Bonchev–Trinajstić information content (AvgIpc) is 2.53. The number of aryl methyl sites for hydroxylation is 1. The Morgan fingerprint density at radius 1 is 0.750 bits per heavy atom. The molecule has 0 fully saturated rings. The number of hydrogen-bond donors (Lipinski definition) is 0. The van der Waals surface area contributed by atoms with Crippen molar-refractivity contribution < 1.29 is 0 Å². The Kier molecular flexibility index (Phi) is 3.83. The normalized spacial score (nSPS) is 10.8. The Morgan fingerprint density at radius 2 is 1.50 bits per heavy atom. The summed E-state index contributed by atoms with van der Waals surface area (Å²) in [6.45, 7) is 3.98. The zero-order valence-corrected chi connectivity index (χ0v) is 11.7. The van der Waals surface area contributed by atoms with E-state index in [1.165, 1.54) is 27.5 Å². The van der Waals surface area contributed by atoms with Gasteiger partial charge in [0.25, 0.3) is 0 Å². The van der Waals surface area contributed by atoms with Gasteiger partial charge in [-0.3, -0.25) is 0 Å². The average molecular weight is 259 g/mol. The van der Waals surface area contributed by atoms with Crippen LogP contribution in [-0.4, -0.2) is 0 Å². The molecule has 3 aromatic carbocycles. The summed E-state index contributed by atoms with van der Waals surface area (Å²) >= 11 is 0. The van der Waals surface area contributed by atoms with Crippen LogP contribution in [0.4, 0.5) is 0 Å². The molecular formula is C20H19. The van der Waals surface area contributed by atoms with E-state index in [9.17, 15) is 0 Å². The predicted octanol–water partition coefficient (Wildman–Crippen LogP) is 5.66. The minimum atomic E-state index is 0.984. The fourth-order valence-electron chi connectivity index (χ4n) is 2.80. The van der Waals surface area contributed by atoms with Gasteiger partial charge in [0.2, 0.25) is 0 Å². The summed E-state index contributed by atoms with van der Waals surface area (Å²) in [7, 11) is 0. The maximum absolute atomic E-state index is 3.98. The zero-order valence-electron chi connectivity index (χ0n) is 11.7. The second-order valence-corrected chi connectivity index (χ2v) is 5.14. The molecule has 0 atom stereocenters. The molecule has 0 nitrogen and oxygen atoms in total. The summed E-state index contributed by atoms with van der Waals surface area (Å²) in [6.07, 6.45) is 3.21. The van der Waals surface area contributed by atoms with Gasteiger partial charge < -0.3 is 0 Å². The predicted molar refractivity (Wildman–Crippen MR) is 87.7 cm³/mol. The molecule has 0 N–H and O–H groups in total. The number of benzene rings is 3. The van der Waals surface area contributed by atoms with Crippen LogP contribution in [0.1, 0.15) is 18.4 Å². The molecule has 0 heterocycles. The highest BCUT2D eigenvalue weighted by Gasteiger charge is 2.08. The lowest BCUT2D eigenvalue weighted by Gasteiger charge is -2.13. The minimum Gasteiger partial charge on any atom is -0.0622 e. The van der Waals surface area contributed by atoms with Crippen molar-refractivity contribution in [3.63, 3.8) is 0 Å². The van der Waals surface area contributed by atoms with E-state index in [0.29, 0.717) is 0 Å². The minimum absolute atomic E-state index is 0.984. The van der Waals surface area contributed by atoms with Crippen LogP contribution in [0.15, 0.2) is 66.7 Å². The van der Waals surface area contributed by atoms with Crippen LogP contribution in [0.2, 0.25) is 0 Å². The first kappa shape index (κ1) is 12.9. The molecule has 3 rings (SSSR count). The summed E-state index contributed by atoms with van der Waals surface area (Å²) in [5, 5.41) is 2.70. The van der Waals surface area contributed by atoms with Crippen LogP contribution < -0.4 is 0 Å². The van der Waals surface area contributed by atoms with Crippen molar-refractivity contribution in [3.8, 4) is 11.1 Å². The smallest absolute Gasteiger partial charge is 0.0146 e. The van der Waals surface area contributed by atoms with Gasteiger partial charge in [-0.05, 0) is 40.3 Å². The molecule has 0 amide bonds. The summed E-state index contributed by atoms with van der Waals surface area (Å²) < 4.78 is 0. The van der Waals surface area contributed by atoms with E-state index >= 15 is 0 Å². The van der Waals surface area contributed by atoms with E-state index in [1.54, 1.807) is 0 Å². The molecule has 0 spiro atoms. The molecule has 0 heteroatoms. The van der Waals surface area contributed by atoms with Gasteiger partial charge in [-0.2, -0.15) is 0 Å². The van der Waals surface area contributed by atoms with Crippen LogP contribution >= 0.6 is 0 Å². The van der Waals surface area contributed by atoms with Crippen LogP contribution in [0.5, 0.6) is 0 Å². The van der Waals surface area contributed by atoms with Crippen molar-refractivity contribution in [1.29, 1.82) is 0 Å². The maximum atomic E-state index is 3.98. The van der Waals surface area contributed by atoms with E-state index in [1.807, 2.05) is 0 Å². The Balaban J connectivity index is 2.20. The van der Waals surface area contributed by atoms with Crippen LogP contribution in [-0.2, 0) is 6.42 Å². The molecule has 0 unspecified atom stereocenters. The fourth-order valence-corrected chi connectivity index (χ4v) is 2.80. The first-order valence-corrected chi connectivity index (χ1v) is 7.25. The zero-order chi connectivity index (χ0) is 13.8. The second kappa shape index (κ2) is 5.92. The first-order valence-electron chi connectivity index (χ1n) is 7.25. The van der Waals surface area contributed by atoms with Gasteiger partial charge in [0, 0.05) is 0 Å². The highest BCUT2D eigenvalue weighted by molar-refractivity contribution is 5.91. The van der Waals surface area contributed by atoms with Gasteiger partial charge in [-0.15, -0.1) is 0 Å². The third-order valence-electron chi connectivity index (χ3n) is 3.80. The summed E-state index contributed by atoms with van der Waals surface area (Å²) in [5.41, 5.74) is 4.12. The van der Waals surface area contributed by atoms with Crippen LogP contribution in [0.25, 0.3) is 21.9 Å². The Labute approximate surface area is 121 Å². The van der Waals surface area contributed by atoms with Gasteiger partial charge in [-0.25, -0.2) is 0 Å². The van der Waals surface area contributed by atoms with Gasteiger partial charge in [0.05, 0.1) is 0 Å². The van der Waals surface area contributed by atoms with E-state index in [4.69, 9.17) is 0 Å². The molecule has 3 aromatic rings. The topological polar surface area (TPSA) is 0 Å². The van der Waals surface area contributed by atoms with Crippen molar-refractivity contribution >= 4 is 10.8 Å². The Bertz CT molecular complexity index is 696. The summed E-state index contributed by atoms with van der Waals surface area (Å²) in [4.78, 5) is 0. The van der Waals surface area contributed by atoms with Gasteiger partial charge in [0.15, 0.2) is 0 Å². The lowest BCUT2D eigenvalue weighted by Crippen LogP contribution is -1.92. The number of hydrogen-bond acceptors (Lipinski definition) is 0. The molecule has 0 aliphatic heterocycles. The van der Waals surface area contributed by atoms with Crippen LogP contribution in [0, 0.1) is 6.92 Å². The van der Waals surface area contributed by atoms with Gasteiger partial charge >= 0.3 is 0 Å². The molecule has 1 radical (unpaired) electrons. The van der Waals surface area contributed by atoms with E-state index < -0.39 is 0 Å². The van der Waals surface area contributed by atoms with E-state index in [0.717, 1.165) is 19.3 Å². The van der Waals surface area contributed by atoms with E-state index in [2.05, 4.69) is 73.7 Å². The van der Waals surface area contributed by atoms with E-state index in [-0.39, 0.29) is 0 Å². The highest BCUT2D eigenvalue weighted by Crippen LogP contribution is 2.31. The van der Waals surface area contributed by atoms with Crippen molar-refractivity contribution in [2.24, 2.45) is 0 Å². The standard InChI is InChI=1S/C20H19/c1-2-3-12-20-18-13-8-7-11-17(18)14-15-19(20)16-9-5-4-6-10-16/h4-11,13-15H,1-3,12H2. The first-order chi connectivity index (χ1) is 9.90. The van der Waals surface area contributed by atoms with Crippen molar-refractivity contribution in [1.82, 2.24) is 0 Å². The monoisotopic (exact) mass is 259 g/mol. The third kappa shape index (κ3) is 2.46. The number of rotatable bonds is 4. The summed E-state index contributed by atoms with van der Waals surface area (Å²) in [6, 6.07) is 23.8. The molecule has 0 saturated heterocycles. The quantitative estimate of drug-likeness (QED) is 0.567. The van der Waals surface area contributed by atoms with Gasteiger partial charge in [-0.1, -0.05) is 80.1 Å². The number of unbranched alkanes of at least 4 members (excludes halogenated alkanes) is 1. The molecule has 0 aliphatic carbocycles. The largest absolute Gasteiger partial charge is 0.0622 e. The van der Waals surface area contributed by atoms with Crippen LogP contribution in [0.3, 0.4) is 0 Å². The van der Waals surface area contributed by atoms with Crippen molar-refractivity contribution in [2.75, 3.05) is 0 Å². The molecule has 99 valence electrons. The third-order valence-corrected chi connectivity index (χ3v) is 3.80. The number of fused-ring (bicyclic) bond motifs is 1. The Hall–Kier alpha value is -2.08. The lowest BCUT2D eigenvalue weighted by molar-refractivity contribution is 0.847. The lowest BCUT2D eigenvalue weighted by atomic mass is 9.91. The van der Waals surface area contributed by atoms with Gasteiger partial charge in [0.1, 0.15) is 0 Å². The molecule has 0 aliphatic rings. The van der Waals surface area contributed by atoms with Crippen molar-refractivity contribution in [2.45, 2.75) is 19.3 Å². The summed E-state index contributed by atoms with van der Waals surface area (Å²) in [5.74, 6) is 0.